The summed E-state index contributed by atoms with van der Waals surface area (Å²) in [6.07, 6.45) is 1.05. The van der Waals surface area contributed by atoms with Crippen LogP contribution in [0.15, 0.2) is 12.1 Å². The first-order valence-electron chi connectivity index (χ1n) is 6.17. The predicted molar refractivity (Wildman–Crippen MR) is 71.4 cm³/mol. The van der Waals surface area contributed by atoms with Crippen LogP contribution in [-0.2, 0) is 10.0 Å². The van der Waals surface area contributed by atoms with Crippen molar-refractivity contribution in [3.63, 3.8) is 0 Å². The molecule has 21 heavy (non-hydrogen) atoms. The second kappa shape index (κ2) is 5.90. The van der Waals surface area contributed by atoms with Crippen molar-refractivity contribution < 1.29 is 22.1 Å². The van der Waals surface area contributed by atoms with Gasteiger partial charge in [0.25, 0.3) is 0 Å². The second-order valence-corrected chi connectivity index (χ2v) is 6.62. The predicted octanol–water partition coefficient (Wildman–Crippen LogP) is 1.37. The third kappa shape index (κ3) is 3.45. The molecule has 0 radical (unpaired) electrons. The fourth-order valence-electron chi connectivity index (χ4n) is 2.08. The summed E-state index contributed by atoms with van der Waals surface area (Å²) < 4.78 is 52.9. The number of nitrogens with one attached hydrogen (secondary N) is 2. The van der Waals surface area contributed by atoms with Crippen LogP contribution in [0.5, 0.6) is 0 Å². The van der Waals surface area contributed by atoms with Crippen molar-refractivity contribution >= 4 is 21.4 Å². The zero-order valence-electron chi connectivity index (χ0n) is 10.8. The first-order chi connectivity index (χ1) is 9.81. The van der Waals surface area contributed by atoms with Gasteiger partial charge in [0.15, 0.2) is 5.82 Å². The molecule has 0 amide bonds. The number of benzene rings is 1. The molecule has 1 aromatic rings. The van der Waals surface area contributed by atoms with Crippen LogP contribution in [0.1, 0.15) is 12.8 Å². The van der Waals surface area contributed by atoms with Crippen LogP contribution in [0.4, 0.5) is 20.2 Å². The Labute approximate surface area is 119 Å². The van der Waals surface area contributed by atoms with Gasteiger partial charge in [-0.1, -0.05) is 0 Å². The number of hydrogen-bond acceptors (Lipinski definition) is 5. The number of nitrogens with zero attached hydrogens (tertiary/aromatic N) is 1. The van der Waals surface area contributed by atoms with E-state index in [0.29, 0.717) is 25.5 Å². The molecule has 116 valence electrons. The van der Waals surface area contributed by atoms with E-state index in [2.05, 4.69) is 5.32 Å². The lowest BCUT2D eigenvalue weighted by molar-refractivity contribution is -0.387. The van der Waals surface area contributed by atoms with Gasteiger partial charge in [-0.15, -0.1) is 0 Å². The van der Waals surface area contributed by atoms with E-state index < -0.39 is 43.2 Å². The van der Waals surface area contributed by atoms with Gasteiger partial charge in [-0.25, -0.2) is 12.8 Å². The molecule has 10 heteroatoms. The summed E-state index contributed by atoms with van der Waals surface area (Å²) in [6, 6.07) is 0.827. The molecule has 1 atom stereocenters. The maximum atomic E-state index is 13.6. The zero-order chi connectivity index (χ0) is 15.6. The number of anilines is 1. The standard InChI is InChI=1S/C11H13F2N3O4S/c12-8-4-9(13)11(16(17)18)5-10(8)15-21(19,20)7-2-1-3-14-6-7/h4-5,7,14-15H,1-3,6H2. The highest BCUT2D eigenvalue weighted by Gasteiger charge is 2.29. The van der Waals surface area contributed by atoms with Gasteiger partial charge in [0.05, 0.1) is 15.9 Å². The van der Waals surface area contributed by atoms with Crippen molar-refractivity contribution in [1.82, 2.24) is 5.32 Å². The fraction of sp³-hybridized carbons (Fsp3) is 0.455. The van der Waals surface area contributed by atoms with Crippen LogP contribution in [0.3, 0.4) is 0 Å². The summed E-state index contributed by atoms with van der Waals surface area (Å²) in [5.41, 5.74) is -1.62. The molecule has 1 unspecified atom stereocenters. The number of piperidine rings is 1. The van der Waals surface area contributed by atoms with Crippen LogP contribution in [0.25, 0.3) is 0 Å². The molecule has 0 aliphatic carbocycles. The second-order valence-electron chi connectivity index (χ2n) is 4.66. The summed E-state index contributed by atoms with van der Waals surface area (Å²) in [5, 5.41) is 12.7. The van der Waals surface area contributed by atoms with Gasteiger partial charge in [-0.05, 0) is 19.4 Å². The summed E-state index contributed by atoms with van der Waals surface area (Å²) in [4.78, 5) is 9.56. The Morgan fingerprint density at radius 1 is 1.33 bits per heavy atom. The largest absolute Gasteiger partial charge is 0.315 e. The number of hydrogen-bond donors (Lipinski definition) is 2. The molecule has 2 rings (SSSR count). The highest BCUT2D eigenvalue weighted by atomic mass is 32.2. The van der Waals surface area contributed by atoms with Crippen molar-refractivity contribution in [2.45, 2.75) is 18.1 Å². The molecule has 0 spiro atoms. The molecule has 1 aliphatic rings. The number of halogens is 2. The quantitative estimate of drug-likeness (QED) is 0.644. The van der Waals surface area contributed by atoms with E-state index in [1.54, 1.807) is 0 Å². The molecule has 2 N–H and O–H groups in total. The van der Waals surface area contributed by atoms with E-state index in [1.807, 2.05) is 4.72 Å². The SMILES string of the molecule is O=[N+]([O-])c1cc(NS(=O)(=O)C2CCCNC2)c(F)cc1F. The molecule has 1 aromatic carbocycles. The third-order valence-corrected chi connectivity index (χ3v) is 4.96. The van der Waals surface area contributed by atoms with Gasteiger partial charge in [0.2, 0.25) is 15.8 Å². The topological polar surface area (TPSA) is 101 Å². The fourth-order valence-corrected chi connectivity index (χ4v) is 3.52. The molecule has 7 nitrogen and oxygen atoms in total. The Bertz CT molecular complexity index is 660. The van der Waals surface area contributed by atoms with Gasteiger partial charge in [-0.2, -0.15) is 4.39 Å². The van der Waals surface area contributed by atoms with Crippen LogP contribution in [0, 0.1) is 21.7 Å². The van der Waals surface area contributed by atoms with Gasteiger partial charge in [-0.3, -0.25) is 14.8 Å². The third-order valence-electron chi connectivity index (χ3n) is 3.18. The van der Waals surface area contributed by atoms with Crippen molar-refractivity contribution in [1.29, 1.82) is 0 Å². The maximum Gasteiger partial charge on any atom is 0.307 e. The average Bonchev–Trinajstić information content (AvgIpc) is 2.42. The summed E-state index contributed by atoms with van der Waals surface area (Å²) >= 11 is 0. The lowest BCUT2D eigenvalue weighted by Gasteiger charge is -2.23. The molecule has 1 saturated heterocycles. The van der Waals surface area contributed by atoms with Crippen LogP contribution >= 0.6 is 0 Å². The highest BCUT2D eigenvalue weighted by molar-refractivity contribution is 7.93. The van der Waals surface area contributed by atoms with E-state index in [9.17, 15) is 27.3 Å². The first-order valence-corrected chi connectivity index (χ1v) is 7.71. The van der Waals surface area contributed by atoms with Gasteiger partial charge in [0, 0.05) is 18.7 Å². The molecule has 0 saturated carbocycles. The maximum absolute atomic E-state index is 13.6. The highest BCUT2D eigenvalue weighted by Crippen LogP contribution is 2.27. The number of sulfonamides is 1. The minimum atomic E-state index is -3.91. The Morgan fingerprint density at radius 3 is 2.62 bits per heavy atom. The van der Waals surface area contributed by atoms with Crippen molar-refractivity contribution in [2.24, 2.45) is 0 Å². The minimum Gasteiger partial charge on any atom is -0.315 e. The summed E-state index contributed by atoms with van der Waals surface area (Å²) in [6.45, 7) is 0.905. The zero-order valence-corrected chi connectivity index (χ0v) is 11.6. The average molecular weight is 321 g/mol. The molecule has 0 bridgehead atoms. The van der Waals surface area contributed by atoms with Crippen LogP contribution in [0.2, 0.25) is 0 Å². The van der Waals surface area contributed by atoms with Gasteiger partial charge < -0.3 is 5.32 Å². The Balaban J connectivity index is 2.30. The number of rotatable bonds is 4. The van der Waals surface area contributed by atoms with E-state index in [0.717, 1.165) is 0 Å². The van der Waals surface area contributed by atoms with Gasteiger partial charge in [0.1, 0.15) is 0 Å². The van der Waals surface area contributed by atoms with Crippen molar-refractivity contribution in [2.75, 3.05) is 17.8 Å². The van der Waals surface area contributed by atoms with Gasteiger partial charge >= 0.3 is 5.69 Å². The van der Waals surface area contributed by atoms with E-state index in [-0.39, 0.29) is 12.6 Å². The Hall–Kier alpha value is -1.81. The number of nitro benzene ring substituents is 1. The monoisotopic (exact) mass is 321 g/mol. The molecule has 0 aromatic heterocycles. The Kier molecular flexibility index (Phi) is 4.37. The van der Waals surface area contributed by atoms with Crippen LogP contribution < -0.4 is 10.0 Å². The molecule has 1 heterocycles. The smallest absolute Gasteiger partial charge is 0.307 e. The molecule has 1 aliphatic heterocycles. The Morgan fingerprint density at radius 2 is 2.05 bits per heavy atom. The van der Waals surface area contributed by atoms with E-state index in [4.69, 9.17) is 0 Å². The first kappa shape index (κ1) is 15.6. The van der Waals surface area contributed by atoms with E-state index >= 15 is 0 Å². The van der Waals surface area contributed by atoms with Crippen molar-refractivity contribution in [3.05, 3.63) is 33.9 Å². The normalized spacial score (nSPS) is 19.2. The van der Waals surface area contributed by atoms with Crippen LogP contribution in [-0.4, -0.2) is 31.7 Å². The van der Waals surface area contributed by atoms with Crippen molar-refractivity contribution in [3.8, 4) is 0 Å². The molecular formula is C11H13F2N3O4S. The lowest BCUT2D eigenvalue weighted by Crippen LogP contribution is -2.41. The summed E-state index contributed by atoms with van der Waals surface area (Å²) in [7, 11) is -3.91. The lowest BCUT2D eigenvalue weighted by atomic mass is 10.2. The minimum absolute atomic E-state index is 0.209. The van der Waals surface area contributed by atoms with E-state index in [1.165, 1.54) is 0 Å². The molecular weight excluding hydrogens is 308 g/mol. The molecule has 1 fully saturated rings. The number of nitro groups is 1. The summed E-state index contributed by atoms with van der Waals surface area (Å²) in [5.74, 6) is -2.56.